The fourth-order valence-electron chi connectivity index (χ4n) is 9.02. The number of benzene rings is 4. The first-order valence-electron chi connectivity index (χ1n) is 21.3. The van der Waals surface area contributed by atoms with Crippen LogP contribution in [0.4, 0.5) is 20.2 Å². The van der Waals surface area contributed by atoms with E-state index in [9.17, 15) is 13.9 Å². The second-order valence-corrected chi connectivity index (χ2v) is 16.1. The van der Waals surface area contributed by atoms with E-state index in [0.717, 1.165) is 92.8 Å². The maximum absolute atomic E-state index is 13.8. The molecular formula is C51H53F2N5O2. The van der Waals surface area contributed by atoms with Gasteiger partial charge in [-0.2, -0.15) is 0 Å². The second kappa shape index (κ2) is 18.1. The number of aromatic nitrogens is 3. The fourth-order valence-corrected chi connectivity index (χ4v) is 9.02. The molecule has 0 radical (unpaired) electrons. The van der Waals surface area contributed by atoms with E-state index >= 15 is 0 Å². The average Bonchev–Trinajstić information content (AvgIpc) is 3.27. The van der Waals surface area contributed by atoms with Crippen LogP contribution in [0.5, 0.6) is 5.75 Å². The molecule has 9 rings (SSSR count). The van der Waals surface area contributed by atoms with Gasteiger partial charge in [0.1, 0.15) is 23.5 Å². The zero-order valence-corrected chi connectivity index (χ0v) is 35.0. The number of piperidine rings is 2. The van der Waals surface area contributed by atoms with E-state index in [1.807, 2.05) is 45.0 Å². The molecule has 0 amide bonds. The Bertz CT molecular complexity index is 2570. The highest BCUT2D eigenvalue weighted by atomic mass is 19.1. The molecule has 2 unspecified atom stereocenters. The number of nitrogens with zero attached hydrogens (tertiary/aromatic N) is 5. The summed E-state index contributed by atoms with van der Waals surface area (Å²) in [6.07, 6.45) is 9.98. The van der Waals surface area contributed by atoms with Crippen molar-refractivity contribution in [3.8, 4) is 28.0 Å². The molecule has 7 aromatic rings. The van der Waals surface area contributed by atoms with Crippen LogP contribution < -0.4 is 14.5 Å². The molecule has 1 N–H and O–H groups in total. The third kappa shape index (κ3) is 8.82. The van der Waals surface area contributed by atoms with Gasteiger partial charge in [-0.1, -0.05) is 24.3 Å². The van der Waals surface area contributed by atoms with Crippen LogP contribution in [0.15, 0.2) is 109 Å². The summed E-state index contributed by atoms with van der Waals surface area (Å²) in [6.45, 7) is 12.0. The Hall–Kier alpha value is -5.93. The van der Waals surface area contributed by atoms with E-state index in [-0.39, 0.29) is 17.7 Å². The first-order valence-corrected chi connectivity index (χ1v) is 21.3. The van der Waals surface area contributed by atoms with Gasteiger partial charge >= 0.3 is 0 Å². The standard InChI is InChI=1S/C28H28FN3O.C23H25FN2O/c1-19-27(20(2)33-24-7-6-14-30-18-24)28(21-8-10-22(29)11-9-21)25-17-23(12-13-26(25)31-19)32-15-4-3-5-16-32;1-15-22(16(2)27)23(17-6-8-18(24)9-7-17)20-14-19(10-11-21(20)25-15)26-12-4-3-5-13-26/h6-14,17-18,20H,3-5,15-16H2,1-2H3;6-11,14,16,27H,3-5,12-13H2,1-2H3. The molecule has 2 aliphatic heterocycles. The minimum atomic E-state index is -0.652. The Balaban J connectivity index is 0.000000170. The summed E-state index contributed by atoms with van der Waals surface area (Å²) >= 11 is 0. The van der Waals surface area contributed by atoms with Crippen molar-refractivity contribution in [2.45, 2.75) is 78.4 Å². The minimum Gasteiger partial charge on any atom is -0.484 e. The Morgan fingerprint density at radius 2 is 1.07 bits per heavy atom. The van der Waals surface area contributed by atoms with Crippen LogP contribution in [-0.4, -0.2) is 46.2 Å². The van der Waals surface area contributed by atoms with Gasteiger partial charge in [0.25, 0.3) is 0 Å². The van der Waals surface area contributed by atoms with Gasteiger partial charge < -0.3 is 19.6 Å². The van der Waals surface area contributed by atoms with Gasteiger partial charge in [0, 0.05) is 77.0 Å². The summed E-state index contributed by atoms with van der Waals surface area (Å²) < 4.78 is 33.6. The molecule has 3 aromatic heterocycles. The number of halogens is 2. The number of aliphatic hydroxyl groups excluding tert-OH is 1. The molecule has 2 atom stereocenters. The summed E-state index contributed by atoms with van der Waals surface area (Å²) in [4.78, 5) is 18.7. The van der Waals surface area contributed by atoms with Crippen molar-refractivity contribution < 1.29 is 18.6 Å². The number of anilines is 2. The largest absolute Gasteiger partial charge is 0.484 e. The molecule has 0 aliphatic carbocycles. The quantitative estimate of drug-likeness (QED) is 0.164. The van der Waals surface area contributed by atoms with E-state index in [2.05, 4.69) is 51.2 Å². The highest BCUT2D eigenvalue weighted by Gasteiger charge is 2.23. The number of fused-ring (bicyclic) bond motifs is 2. The van der Waals surface area contributed by atoms with Gasteiger partial charge in [-0.3, -0.25) is 15.0 Å². The van der Waals surface area contributed by atoms with Crippen LogP contribution in [0.3, 0.4) is 0 Å². The molecule has 0 bridgehead atoms. The predicted octanol–water partition coefficient (Wildman–Crippen LogP) is 12.3. The molecular weight excluding hydrogens is 753 g/mol. The van der Waals surface area contributed by atoms with Crippen LogP contribution in [0, 0.1) is 25.5 Å². The molecule has 4 aromatic carbocycles. The Kier molecular flexibility index (Phi) is 12.3. The molecule has 7 nitrogen and oxygen atoms in total. The second-order valence-electron chi connectivity index (χ2n) is 16.1. The van der Waals surface area contributed by atoms with Gasteiger partial charge in [0.05, 0.1) is 23.3 Å². The number of pyridine rings is 3. The van der Waals surface area contributed by atoms with E-state index in [1.165, 1.54) is 74.2 Å². The summed E-state index contributed by atoms with van der Waals surface area (Å²) in [5.41, 5.74) is 11.6. The predicted molar refractivity (Wildman–Crippen MR) is 240 cm³/mol. The lowest BCUT2D eigenvalue weighted by molar-refractivity contribution is 0.199. The van der Waals surface area contributed by atoms with E-state index < -0.39 is 6.10 Å². The number of aliphatic hydroxyl groups is 1. The van der Waals surface area contributed by atoms with Crippen LogP contribution in [0.25, 0.3) is 44.1 Å². The maximum atomic E-state index is 13.8. The van der Waals surface area contributed by atoms with Gasteiger partial charge in [0.2, 0.25) is 0 Å². The van der Waals surface area contributed by atoms with Gasteiger partial charge in [-0.05, 0) is 161 Å². The number of hydrogen-bond donors (Lipinski definition) is 1. The lowest BCUT2D eigenvalue weighted by atomic mass is 9.91. The first kappa shape index (κ1) is 40.8. The molecule has 2 aliphatic rings. The van der Waals surface area contributed by atoms with Crippen molar-refractivity contribution in [1.82, 2.24) is 15.0 Å². The van der Waals surface area contributed by atoms with Crippen LogP contribution in [0.1, 0.15) is 87.1 Å². The SMILES string of the molecule is Cc1nc2ccc(N3CCCCC3)cc2c(-c2ccc(F)cc2)c1C(C)O.Cc1nc2ccc(N3CCCCC3)cc2c(-c2ccc(F)cc2)c1C(C)Oc1cccnc1. The van der Waals surface area contributed by atoms with Crippen molar-refractivity contribution in [1.29, 1.82) is 0 Å². The summed E-state index contributed by atoms with van der Waals surface area (Å²) in [5, 5.41) is 12.5. The summed E-state index contributed by atoms with van der Waals surface area (Å²) in [6, 6.07) is 29.9. The molecule has 60 heavy (non-hydrogen) atoms. The topological polar surface area (TPSA) is 74.6 Å². The maximum Gasteiger partial charge on any atom is 0.138 e. The van der Waals surface area contributed by atoms with Crippen molar-refractivity contribution in [2.75, 3.05) is 36.0 Å². The minimum absolute atomic E-state index is 0.246. The highest BCUT2D eigenvalue weighted by Crippen LogP contribution is 2.41. The van der Waals surface area contributed by atoms with Crippen LogP contribution >= 0.6 is 0 Å². The summed E-state index contributed by atoms with van der Waals surface area (Å²) in [5.74, 6) is 0.196. The number of aryl methyl sites for hydroxylation is 2. The normalized spacial score (nSPS) is 15.4. The van der Waals surface area contributed by atoms with E-state index in [1.54, 1.807) is 31.5 Å². The molecule has 2 saturated heterocycles. The fraction of sp³-hybridized carbons (Fsp3) is 0.314. The van der Waals surface area contributed by atoms with E-state index in [4.69, 9.17) is 14.7 Å². The Labute approximate surface area is 351 Å². The Morgan fingerprint density at radius 1 is 0.600 bits per heavy atom. The van der Waals surface area contributed by atoms with Crippen molar-refractivity contribution in [3.63, 3.8) is 0 Å². The lowest BCUT2D eigenvalue weighted by Gasteiger charge is -2.29. The Morgan fingerprint density at radius 3 is 1.52 bits per heavy atom. The van der Waals surface area contributed by atoms with Crippen molar-refractivity contribution in [2.24, 2.45) is 0 Å². The third-order valence-corrected chi connectivity index (χ3v) is 11.9. The summed E-state index contributed by atoms with van der Waals surface area (Å²) in [7, 11) is 0. The molecule has 2 fully saturated rings. The van der Waals surface area contributed by atoms with Gasteiger partial charge in [0.15, 0.2) is 0 Å². The molecule has 0 spiro atoms. The first-order chi connectivity index (χ1) is 29.1. The van der Waals surface area contributed by atoms with Crippen LogP contribution in [-0.2, 0) is 0 Å². The van der Waals surface area contributed by atoms with Crippen molar-refractivity contribution in [3.05, 3.63) is 144 Å². The third-order valence-electron chi connectivity index (χ3n) is 11.9. The lowest BCUT2D eigenvalue weighted by Crippen LogP contribution is -2.29. The molecule has 9 heteroatoms. The van der Waals surface area contributed by atoms with Gasteiger partial charge in [-0.25, -0.2) is 8.78 Å². The highest BCUT2D eigenvalue weighted by molar-refractivity contribution is 6.00. The number of hydrogen-bond acceptors (Lipinski definition) is 7. The molecule has 5 heterocycles. The molecule has 0 saturated carbocycles. The zero-order chi connectivity index (χ0) is 41.8. The average molecular weight is 806 g/mol. The number of rotatable bonds is 8. The van der Waals surface area contributed by atoms with Crippen molar-refractivity contribution >= 4 is 33.2 Å². The van der Waals surface area contributed by atoms with Gasteiger partial charge in [-0.15, -0.1) is 0 Å². The zero-order valence-electron chi connectivity index (χ0n) is 35.0. The molecule has 308 valence electrons. The monoisotopic (exact) mass is 805 g/mol. The smallest absolute Gasteiger partial charge is 0.138 e. The van der Waals surface area contributed by atoms with Crippen LogP contribution in [0.2, 0.25) is 0 Å². The van der Waals surface area contributed by atoms with E-state index in [0.29, 0.717) is 5.75 Å². The number of ether oxygens (including phenoxy) is 1.